The molecular formula is C37H68O12S. The molecule has 0 saturated carbocycles. The molecule has 13 heteroatoms. The molecule has 6 atom stereocenters. The number of unbranched alkanes of at least 4 members (excludes halogenated alkanes) is 15. The molecule has 1 aliphatic heterocycles. The molecule has 0 aromatic carbocycles. The van der Waals surface area contributed by atoms with Crippen LogP contribution in [-0.2, 0) is 38.3 Å². The topological polar surface area (TPSA) is 178 Å². The van der Waals surface area contributed by atoms with Crippen LogP contribution in [-0.4, -0.2) is 97.5 Å². The predicted octanol–water partition coefficient (Wildman–Crippen LogP) is 6.51. The van der Waals surface area contributed by atoms with Gasteiger partial charge < -0.3 is 34.3 Å². The van der Waals surface area contributed by atoms with Crippen molar-refractivity contribution in [2.45, 2.75) is 179 Å². The van der Waals surface area contributed by atoms with Crippen LogP contribution in [0.4, 0.5) is 0 Å². The maximum atomic E-state index is 12.7. The van der Waals surface area contributed by atoms with Crippen molar-refractivity contribution < 1.29 is 56.2 Å². The van der Waals surface area contributed by atoms with E-state index < -0.39 is 59.8 Å². The SMILES string of the molecule is CCC/C=C\C/C=C\CCCCCCCC(=O)OC(COCCCCCCCCCCCC)COC1OC(CO)C(O)C(OS(=O)(=O)O)C1O. The van der Waals surface area contributed by atoms with Crippen LogP contribution in [0.15, 0.2) is 24.3 Å². The zero-order valence-corrected chi connectivity index (χ0v) is 31.5. The first-order valence-corrected chi connectivity index (χ1v) is 20.5. The third-order valence-corrected chi connectivity index (χ3v) is 9.02. The highest BCUT2D eigenvalue weighted by Crippen LogP contribution is 2.26. The van der Waals surface area contributed by atoms with Crippen LogP contribution in [0.1, 0.15) is 142 Å². The van der Waals surface area contributed by atoms with Gasteiger partial charge in [0.05, 0.1) is 19.8 Å². The van der Waals surface area contributed by atoms with Gasteiger partial charge in [0.15, 0.2) is 6.29 Å². The van der Waals surface area contributed by atoms with E-state index in [1.54, 1.807) is 0 Å². The van der Waals surface area contributed by atoms with Gasteiger partial charge in [0.25, 0.3) is 0 Å². The van der Waals surface area contributed by atoms with E-state index in [0.717, 1.165) is 64.2 Å². The first kappa shape index (κ1) is 46.6. The van der Waals surface area contributed by atoms with Crippen LogP contribution in [0, 0.1) is 0 Å². The molecule has 0 radical (unpaired) electrons. The lowest BCUT2D eigenvalue weighted by molar-refractivity contribution is -0.301. The van der Waals surface area contributed by atoms with Gasteiger partial charge in [-0.2, -0.15) is 8.42 Å². The Morgan fingerprint density at radius 2 is 1.36 bits per heavy atom. The summed E-state index contributed by atoms with van der Waals surface area (Å²) in [6.45, 7) is 3.87. The fraction of sp³-hybridized carbons (Fsp3) is 0.865. The fourth-order valence-electron chi connectivity index (χ4n) is 5.65. The van der Waals surface area contributed by atoms with E-state index in [2.05, 4.69) is 42.3 Å². The normalized spacial score (nSPS) is 22.1. The third kappa shape index (κ3) is 23.9. The van der Waals surface area contributed by atoms with Gasteiger partial charge in [-0.25, -0.2) is 4.18 Å². The number of allylic oxidation sites excluding steroid dienone is 4. The highest BCUT2D eigenvalue weighted by Gasteiger charge is 2.48. The lowest BCUT2D eigenvalue weighted by atomic mass is 9.99. The van der Waals surface area contributed by atoms with Crippen LogP contribution in [0.2, 0.25) is 0 Å². The van der Waals surface area contributed by atoms with E-state index in [9.17, 15) is 28.5 Å². The van der Waals surface area contributed by atoms with Crippen molar-refractivity contribution in [3.05, 3.63) is 24.3 Å². The maximum absolute atomic E-state index is 12.7. The zero-order chi connectivity index (χ0) is 36.9. The Morgan fingerprint density at radius 1 is 0.760 bits per heavy atom. The standard InChI is InChI=1S/C37H68O12S/c1-3-5-7-9-11-13-15-16-17-18-20-22-24-26-33(39)47-31(29-45-27-25-23-21-19-14-12-10-8-6-4-2)30-46-37-35(41)36(49-50(42,43)44)34(40)32(28-38)48-37/h7,9,13,15,31-32,34-38,40-41H,3-6,8,10-12,14,16-30H2,1-2H3,(H,42,43,44)/b9-7-,15-13-. The molecule has 12 nitrogen and oxygen atoms in total. The van der Waals surface area contributed by atoms with E-state index in [1.165, 1.54) is 51.4 Å². The monoisotopic (exact) mass is 736 g/mol. The van der Waals surface area contributed by atoms with E-state index in [1.807, 2.05) is 0 Å². The second-order valence-corrected chi connectivity index (χ2v) is 14.2. The number of hydrogen-bond donors (Lipinski definition) is 4. The van der Waals surface area contributed by atoms with E-state index >= 15 is 0 Å². The molecule has 0 amide bonds. The molecule has 1 saturated heterocycles. The summed E-state index contributed by atoms with van der Waals surface area (Å²) < 4.78 is 58.7. The van der Waals surface area contributed by atoms with Crippen LogP contribution < -0.4 is 0 Å². The van der Waals surface area contributed by atoms with Crippen molar-refractivity contribution >= 4 is 16.4 Å². The van der Waals surface area contributed by atoms with Crippen molar-refractivity contribution in [3.63, 3.8) is 0 Å². The summed E-state index contributed by atoms with van der Waals surface area (Å²) in [5.74, 6) is -0.415. The first-order chi connectivity index (χ1) is 24.1. The van der Waals surface area contributed by atoms with Gasteiger partial charge in [0.2, 0.25) is 0 Å². The van der Waals surface area contributed by atoms with Crippen LogP contribution in [0.25, 0.3) is 0 Å². The Balaban J connectivity index is 2.53. The Labute approximate surface area is 301 Å². The van der Waals surface area contributed by atoms with Crippen molar-refractivity contribution in [2.24, 2.45) is 0 Å². The van der Waals surface area contributed by atoms with Crippen LogP contribution in [0.5, 0.6) is 0 Å². The van der Waals surface area contributed by atoms with Gasteiger partial charge in [0, 0.05) is 13.0 Å². The third-order valence-electron chi connectivity index (χ3n) is 8.56. The van der Waals surface area contributed by atoms with Crippen molar-refractivity contribution in [1.29, 1.82) is 0 Å². The highest BCUT2D eigenvalue weighted by molar-refractivity contribution is 7.80. The second kappa shape index (κ2) is 30.1. The molecular weight excluding hydrogens is 668 g/mol. The molecule has 0 aromatic rings. The summed E-state index contributed by atoms with van der Waals surface area (Å²) in [4.78, 5) is 12.7. The fourth-order valence-corrected chi connectivity index (χ4v) is 6.16. The molecule has 50 heavy (non-hydrogen) atoms. The second-order valence-electron chi connectivity index (χ2n) is 13.2. The summed E-state index contributed by atoms with van der Waals surface area (Å²) in [6.07, 6.45) is 20.8. The average molecular weight is 737 g/mol. The largest absolute Gasteiger partial charge is 0.457 e. The van der Waals surface area contributed by atoms with Crippen LogP contribution >= 0.6 is 0 Å². The Bertz CT molecular complexity index is 989. The first-order valence-electron chi connectivity index (χ1n) is 19.1. The Kier molecular flexibility index (Phi) is 28.0. The molecule has 294 valence electrons. The van der Waals surface area contributed by atoms with Gasteiger partial charge in [-0.15, -0.1) is 0 Å². The maximum Gasteiger partial charge on any atom is 0.397 e. The minimum atomic E-state index is -5.05. The Morgan fingerprint density at radius 3 is 1.98 bits per heavy atom. The summed E-state index contributed by atoms with van der Waals surface area (Å²) in [5.41, 5.74) is 0. The summed E-state index contributed by atoms with van der Waals surface area (Å²) in [5, 5.41) is 30.5. The van der Waals surface area contributed by atoms with Gasteiger partial charge in [0.1, 0.15) is 30.5 Å². The molecule has 6 unspecified atom stereocenters. The summed E-state index contributed by atoms with van der Waals surface area (Å²) in [6, 6.07) is 0. The molecule has 0 aliphatic carbocycles. The van der Waals surface area contributed by atoms with Crippen LogP contribution in [0.3, 0.4) is 0 Å². The number of aliphatic hydroxyl groups is 3. The summed E-state index contributed by atoms with van der Waals surface area (Å²) >= 11 is 0. The molecule has 0 aromatic heterocycles. The lowest BCUT2D eigenvalue weighted by Crippen LogP contribution is -2.60. The van der Waals surface area contributed by atoms with E-state index in [-0.39, 0.29) is 19.6 Å². The lowest BCUT2D eigenvalue weighted by Gasteiger charge is -2.41. The van der Waals surface area contributed by atoms with Gasteiger partial charge in [-0.1, -0.05) is 122 Å². The average Bonchev–Trinajstić information content (AvgIpc) is 3.08. The minimum Gasteiger partial charge on any atom is -0.457 e. The number of esters is 1. The van der Waals surface area contributed by atoms with Gasteiger partial charge >= 0.3 is 16.4 Å². The van der Waals surface area contributed by atoms with Crippen molar-refractivity contribution in [3.8, 4) is 0 Å². The van der Waals surface area contributed by atoms with Crippen molar-refractivity contribution in [2.75, 3.05) is 26.4 Å². The minimum absolute atomic E-state index is 0.0326. The number of aliphatic hydroxyl groups excluding tert-OH is 3. The number of hydrogen-bond acceptors (Lipinski definition) is 11. The molecule has 4 N–H and O–H groups in total. The smallest absolute Gasteiger partial charge is 0.397 e. The van der Waals surface area contributed by atoms with E-state index in [4.69, 9.17) is 23.5 Å². The number of rotatable bonds is 32. The number of carbonyl (C=O) groups is 1. The summed E-state index contributed by atoms with van der Waals surface area (Å²) in [7, 11) is -5.05. The zero-order valence-electron chi connectivity index (χ0n) is 30.7. The number of ether oxygens (including phenoxy) is 4. The molecule has 1 heterocycles. The molecule has 0 bridgehead atoms. The molecule has 1 aliphatic rings. The predicted molar refractivity (Wildman–Crippen MR) is 193 cm³/mol. The molecule has 0 spiro atoms. The van der Waals surface area contributed by atoms with E-state index in [0.29, 0.717) is 13.0 Å². The van der Waals surface area contributed by atoms with Gasteiger partial charge in [-0.05, 0) is 38.5 Å². The quantitative estimate of drug-likeness (QED) is 0.0255. The molecule has 1 rings (SSSR count). The van der Waals surface area contributed by atoms with Crippen molar-refractivity contribution in [1.82, 2.24) is 0 Å². The Hall–Kier alpha value is -1.42. The highest BCUT2D eigenvalue weighted by atomic mass is 32.3. The number of carbonyl (C=O) groups excluding carboxylic acids is 1. The van der Waals surface area contributed by atoms with Gasteiger partial charge in [-0.3, -0.25) is 9.35 Å². The molecule has 1 fully saturated rings.